The van der Waals surface area contributed by atoms with Crippen molar-refractivity contribution >= 4 is 18.3 Å². The predicted molar refractivity (Wildman–Crippen MR) is 79.1 cm³/mol. The monoisotopic (exact) mass is 276 g/mol. The van der Waals surface area contributed by atoms with Crippen molar-refractivity contribution in [2.75, 3.05) is 13.1 Å². The average Bonchev–Trinajstić information content (AvgIpc) is 2.33. The van der Waals surface area contributed by atoms with Crippen molar-refractivity contribution < 1.29 is 4.79 Å². The summed E-state index contributed by atoms with van der Waals surface area (Å²) in [4.78, 5) is 12.2. The highest BCUT2D eigenvalue weighted by Crippen LogP contribution is 2.16. The number of amides is 1. The summed E-state index contributed by atoms with van der Waals surface area (Å²) in [5.74, 6) is 1.05. The van der Waals surface area contributed by atoms with Crippen LogP contribution in [0.15, 0.2) is 0 Å². The van der Waals surface area contributed by atoms with Crippen LogP contribution in [-0.2, 0) is 4.79 Å². The largest absolute Gasteiger partial charge is 0.353 e. The van der Waals surface area contributed by atoms with Gasteiger partial charge in [0.2, 0.25) is 5.91 Å². The molecule has 0 spiro atoms. The van der Waals surface area contributed by atoms with Crippen LogP contribution in [0.1, 0.15) is 52.9 Å². The second-order valence-corrected chi connectivity index (χ2v) is 5.33. The van der Waals surface area contributed by atoms with E-state index in [0.717, 1.165) is 38.8 Å². The van der Waals surface area contributed by atoms with Gasteiger partial charge in [-0.3, -0.25) is 4.79 Å². The molecule has 18 heavy (non-hydrogen) atoms. The van der Waals surface area contributed by atoms with Crippen molar-refractivity contribution in [2.45, 2.75) is 58.9 Å². The molecule has 1 saturated heterocycles. The standard InChI is InChI=1S/C14H28N2O.ClH/c1-4-6-7-12(5-2)14(17)16-13-8-9-15-10-11(13)3;/h11-13,15H,4-10H2,1-3H3,(H,16,17);1H. The molecule has 0 radical (unpaired) electrons. The van der Waals surface area contributed by atoms with Crippen LogP contribution in [0.2, 0.25) is 0 Å². The SMILES string of the molecule is CCCCC(CC)C(=O)NC1CCNCC1C.Cl. The first-order valence-electron chi connectivity index (χ1n) is 7.20. The maximum Gasteiger partial charge on any atom is 0.223 e. The minimum Gasteiger partial charge on any atom is -0.353 e. The van der Waals surface area contributed by atoms with Gasteiger partial charge < -0.3 is 10.6 Å². The van der Waals surface area contributed by atoms with Crippen LogP contribution in [0.25, 0.3) is 0 Å². The lowest BCUT2D eigenvalue weighted by molar-refractivity contribution is -0.126. The summed E-state index contributed by atoms with van der Waals surface area (Å²) in [5.41, 5.74) is 0. The lowest BCUT2D eigenvalue weighted by Crippen LogP contribution is -2.49. The molecule has 1 heterocycles. The molecule has 0 aromatic carbocycles. The van der Waals surface area contributed by atoms with Gasteiger partial charge in [-0.05, 0) is 38.3 Å². The van der Waals surface area contributed by atoms with Gasteiger partial charge >= 0.3 is 0 Å². The van der Waals surface area contributed by atoms with Crippen molar-refractivity contribution in [3.05, 3.63) is 0 Å². The number of rotatable bonds is 6. The van der Waals surface area contributed by atoms with Crippen molar-refractivity contribution in [3.63, 3.8) is 0 Å². The lowest BCUT2D eigenvalue weighted by atomic mass is 9.93. The topological polar surface area (TPSA) is 41.1 Å². The number of hydrogen-bond acceptors (Lipinski definition) is 2. The highest BCUT2D eigenvalue weighted by atomic mass is 35.5. The quantitative estimate of drug-likeness (QED) is 0.783. The van der Waals surface area contributed by atoms with Gasteiger partial charge in [-0.1, -0.05) is 33.6 Å². The molecule has 3 atom stereocenters. The van der Waals surface area contributed by atoms with E-state index < -0.39 is 0 Å². The van der Waals surface area contributed by atoms with Gasteiger partial charge in [0.1, 0.15) is 0 Å². The number of hydrogen-bond donors (Lipinski definition) is 2. The molecule has 2 N–H and O–H groups in total. The molecule has 0 aromatic heterocycles. The van der Waals surface area contributed by atoms with Crippen LogP contribution in [0, 0.1) is 11.8 Å². The molecule has 0 aromatic rings. The van der Waals surface area contributed by atoms with E-state index >= 15 is 0 Å². The fourth-order valence-electron chi connectivity index (χ4n) is 2.50. The van der Waals surface area contributed by atoms with E-state index in [4.69, 9.17) is 0 Å². The number of nitrogens with one attached hydrogen (secondary N) is 2. The molecule has 108 valence electrons. The first-order chi connectivity index (χ1) is 8.19. The Labute approximate surface area is 118 Å². The molecule has 1 aliphatic heterocycles. The van der Waals surface area contributed by atoms with Gasteiger partial charge in [0.15, 0.2) is 0 Å². The van der Waals surface area contributed by atoms with Crippen molar-refractivity contribution in [1.29, 1.82) is 0 Å². The number of halogens is 1. The Balaban J connectivity index is 0.00000289. The van der Waals surface area contributed by atoms with Crippen LogP contribution in [-0.4, -0.2) is 25.0 Å². The van der Waals surface area contributed by atoms with Gasteiger partial charge in [-0.2, -0.15) is 0 Å². The van der Waals surface area contributed by atoms with Gasteiger partial charge in [0, 0.05) is 12.0 Å². The molecule has 1 rings (SSSR count). The number of carbonyl (C=O) groups excluding carboxylic acids is 1. The van der Waals surface area contributed by atoms with E-state index in [-0.39, 0.29) is 24.2 Å². The van der Waals surface area contributed by atoms with Gasteiger partial charge in [-0.15, -0.1) is 12.4 Å². The Morgan fingerprint density at radius 2 is 2.17 bits per heavy atom. The van der Waals surface area contributed by atoms with Crippen LogP contribution >= 0.6 is 12.4 Å². The summed E-state index contributed by atoms with van der Waals surface area (Å²) < 4.78 is 0. The second kappa shape index (κ2) is 9.62. The molecule has 3 nitrogen and oxygen atoms in total. The van der Waals surface area contributed by atoms with Crippen LogP contribution in [0.5, 0.6) is 0 Å². The maximum absolute atomic E-state index is 12.2. The Morgan fingerprint density at radius 3 is 2.72 bits per heavy atom. The Hall–Kier alpha value is -0.280. The van der Waals surface area contributed by atoms with Crippen LogP contribution < -0.4 is 10.6 Å². The molecule has 0 bridgehead atoms. The fourth-order valence-corrected chi connectivity index (χ4v) is 2.50. The molecular weight excluding hydrogens is 248 g/mol. The molecule has 1 fully saturated rings. The molecule has 0 aliphatic carbocycles. The smallest absolute Gasteiger partial charge is 0.223 e. The third-order valence-corrected chi connectivity index (χ3v) is 3.88. The highest BCUT2D eigenvalue weighted by Gasteiger charge is 2.25. The third kappa shape index (κ3) is 5.57. The molecule has 0 saturated carbocycles. The van der Waals surface area contributed by atoms with Gasteiger partial charge in [0.05, 0.1) is 0 Å². The highest BCUT2D eigenvalue weighted by molar-refractivity contribution is 5.85. The molecule has 3 unspecified atom stereocenters. The second-order valence-electron chi connectivity index (χ2n) is 5.33. The van der Waals surface area contributed by atoms with Crippen molar-refractivity contribution in [3.8, 4) is 0 Å². The third-order valence-electron chi connectivity index (χ3n) is 3.88. The van der Waals surface area contributed by atoms with Gasteiger partial charge in [-0.25, -0.2) is 0 Å². The van der Waals surface area contributed by atoms with E-state index in [1.54, 1.807) is 0 Å². The Morgan fingerprint density at radius 1 is 1.44 bits per heavy atom. The minimum absolute atomic E-state index is 0. The normalized spacial score (nSPS) is 25.1. The first kappa shape index (κ1) is 17.7. The van der Waals surface area contributed by atoms with Crippen LogP contribution in [0.4, 0.5) is 0 Å². The van der Waals surface area contributed by atoms with E-state index in [1.807, 2.05) is 0 Å². The number of unbranched alkanes of at least 4 members (excludes halogenated alkanes) is 1. The van der Waals surface area contributed by atoms with Gasteiger partial charge in [0.25, 0.3) is 0 Å². The van der Waals surface area contributed by atoms with Crippen molar-refractivity contribution in [2.24, 2.45) is 11.8 Å². The fraction of sp³-hybridized carbons (Fsp3) is 0.929. The van der Waals surface area contributed by atoms with Crippen LogP contribution in [0.3, 0.4) is 0 Å². The Bertz CT molecular complexity index is 236. The van der Waals surface area contributed by atoms with Crippen molar-refractivity contribution in [1.82, 2.24) is 10.6 Å². The van der Waals surface area contributed by atoms with E-state index in [0.29, 0.717) is 12.0 Å². The zero-order valence-corrected chi connectivity index (χ0v) is 12.8. The minimum atomic E-state index is 0. The number of carbonyl (C=O) groups is 1. The lowest BCUT2D eigenvalue weighted by Gasteiger charge is -2.31. The summed E-state index contributed by atoms with van der Waals surface area (Å²) in [6.07, 6.45) is 5.40. The summed E-state index contributed by atoms with van der Waals surface area (Å²) in [5, 5.41) is 6.61. The average molecular weight is 277 g/mol. The molecule has 1 aliphatic rings. The van der Waals surface area contributed by atoms with E-state index in [1.165, 1.54) is 6.42 Å². The molecule has 1 amide bonds. The molecule has 4 heteroatoms. The maximum atomic E-state index is 12.2. The van der Waals surface area contributed by atoms with E-state index in [9.17, 15) is 4.79 Å². The summed E-state index contributed by atoms with van der Waals surface area (Å²) in [7, 11) is 0. The zero-order chi connectivity index (χ0) is 12.7. The molecular formula is C14H29ClN2O. The Kier molecular flexibility index (Phi) is 9.47. The van der Waals surface area contributed by atoms with E-state index in [2.05, 4.69) is 31.4 Å². The predicted octanol–water partition coefficient (Wildman–Crippen LogP) is 2.74. The zero-order valence-electron chi connectivity index (χ0n) is 12.0. The summed E-state index contributed by atoms with van der Waals surface area (Å²) >= 11 is 0. The first-order valence-corrected chi connectivity index (χ1v) is 7.20. The number of piperidine rings is 1. The summed E-state index contributed by atoms with van der Waals surface area (Å²) in [6.45, 7) is 8.56. The summed E-state index contributed by atoms with van der Waals surface area (Å²) in [6, 6.07) is 0.374.